The van der Waals surface area contributed by atoms with Gasteiger partial charge in [0.2, 0.25) is 5.91 Å². The highest BCUT2D eigenvalue weighted by molar-refractivity contribution is 6.01. The second-order valence-corrected chi connectivity index (χ2v) is 5.82. The zero-order chi connectivity index (χ0) is 16.4. The number of likely N-dealkylation sites (tertiary alicyclic amines) is 1. The van der Waals surface area contributed by atoms with Gasteiger partial charge < -0.3 is 10.0 Å². The SMILES string of the molecule is CC(=O)N1CCC(C2N=C(c3cccc(C(=O)O)c3)NO2)CC1. The molecule has 7 nitrogen and oxygen atoms in total. The number of aromatic carboxylic acids is 1. The summed E-state index contributed by atoms with van der Waals surface area (Å²) in [5, 5.41) is 9.05. The van der Waals surface area contributed by atoms with E-state index >= 15 is 0 Å². The fraction of sp³-hybridized carbons (Fsp3) is 0.438. The molecule has 1 aromatic carbocycles. The third kappa shape index (κ3) is 3.34. The number of carboxylic acid groups (broad SMARTS) is 1. The van der Waals surface area contributed by atoms with Crippen LogP contribution in [-0.2, 0) is 9.63 Å². The molecule has 1 unspecified atom stereocenters. The van der Waals surface area contributed by atoms with Crippen molar-refractivity contribution in [3.63, 3.8) is 0 Å². The molecule has 1 amide bonds. The van der Waals surface area contributed by atoms with Gasteiger partial charge in [-0.05, 0) is 25.0 Å². The summed E-state index contributed by atoms with van der Waals surface area (Å²) >= 11 is 0. The molecule has 122 valence electrons. The van der Waals surface area contributed by atoms with E-state index in [9.17, 15) is 9.59 Å². The van der Waals surface area contributed by atoms with E-state index in [4.69, 9.17) is 9.94 Å². The molecule has 0 bridgehead atoms. The minimum Gasteiger partial charge on any atom is -0.478 e. The Hall–Kier alpha value is -2.41. The summed E-state index contributed by atoms with van der Waals surface area (Å²) < 4.78 is 0. The van der Waals surface area contributed by atoms with Gasteiger partial charge in [-0.15, -0.1) is 0 Å². The molecule has 7 heteroatoms. The van der Waals surface area contributed by atoms with Gasteiger partial charge in [-0.1, -0.05) is 12.1 Å². The molecule has 1 saturated heterocycles. The summed E-state index contributed by atoms with van der Waals surface area (Å²) in [6.07, 6.45) is 1.39. The zero-order valence-electron chi connectivity index (χ0n) is 12.9. The third-order valence-corrected chi connectivity index (χ3v) is 4.30. The van der Waals surface area contributed by atoms with Crippen molar-refractivity contribution in [1.29, 1.82) is 0 Å². The van der Waals surface area contributed by atoms with E-state index in [1.165, 1.54) is 6.07 Å². The number of amidine groups is 1. The molecule has 1 atom stereocenters. The average molecular weight is 317 g/mol. The molecular formula is C16H19N3O4. The van der Waals surface area contributed by atoms with Crippen LogP contribution in [0.2, 0.25) is 0 Å². The van der Waals surface area contributed by atoms with Crippen LogP contribution in [0.4, 0.5) is 0 Å². The number of carbonyl (C=O) groups excluding carboxylic acids is 1. The highest BCUT2D eigenvalue weighted by Crippen LogP contribution is 2.26. The Morgan fingerprint density at radius 3 is 2.74 bits per heavy atom. The Labute approximate surface area is 133 Å². The van der Waals surface area contributed by atoms with Crippen LogP contribution in [0.3, 0.4) is 0 Å². The summed E-state index contributed by atoms with van der Waals surface area (Å²) in [6.45, 7) is 3.03. The van der Waals surface area contributed by atoms with Crippen molar-refractivity contribution in [2.75, 3.05) is 13.1 Å². The molecule has 0 saturated carbocycles. The van der Waals surface area contributed by atoms with Gasteiger partial charge in [0, 0.05) is 31.5 Å². The first-order valence-corrected chi connectivity index (χ1v) is 7.63. The predicted molar refractivity (Wildman–Crippen MR) is 82.9 cm³/mol. The van der Waals surface area contributed by atoms with Crippen molar-refractivity contribution in [1.82, 2.24) is 10.4 Å². The summed E-state index contributed by atoms with van der Waals surface area (Å²) in [5.74, 6) is -0.0755. The quantitative estimate of drug-likeness (QED) is 0.875. The van der Waals surface area contributed by atoms with Gasteiger partial charge in [0.25, 0.3) is 0 Å². The summed E-state index contributed by atoms with van der Waals surface area (Å²) in [6, 6.07) is 6.58. The predicted octanol–water partition coefficient (Wildman–Crippen LogP) is 1.25. The van der Waals surface area contributed by atoms with E-state index in [1.807, 2.05) is 4.90 Å². The number of piperidine rings is 1. The molecule has 0 radical (unpaired) electrons. The first kappa shape index (κ1) is 15.5. The average Bonchev–Trinajstić information content (AvgIpc) is 3.05. The topological polar surface area (TPSA) is 91.2 Å². The second-order valence-electron chi connectivity index (χ2n) is 5.82. The van der Waals surface area contributed by atoms with Crippen LogP contribution < -0.4 is 5.48 Å². The van der Waals surface area contributed by atoms with E-state index in [2.05, 4.69) is 10.5 Å². The Morgan fingerprint density at radius 1 is 1.35 bits per heavy atom. The van der Waals surface area contributed by atoms with Crippen LogP contribution in [0.5, 0.6) is 0 Å². The van der Waals surface area contributed by atoms with Crippen molar-refractivity contribution >= 4 is 17.7 Å². The second kappa shape index (κ2) is 6.37. The Bertz CT molecular complexity index is 650. The number of hydroxylamine groups is 1. The lowest BCUT2D eigenvalue weighted by atomic mass is 9.95. The van der Waals surface area contributed by atoms with Gasteiger partial charge in [-0.25, -0.2) is 20.1 Å². The van der Waals surface area contributed by atoms with Crippen molar-refractivity contribution in [3.05, 3.63) is 35.4 Å². The van der Waals surface area contributed by atoms with Gasteiger partial charge in [-0.3, -0.25) is 4.79 Å². The van der Waals surface area contributed by atoms with Gasteiger partial charge in [0.1, 0.15) is 0 Å². The molecule has 23 heavy (non-hydrogen) atoms. The van der Waals surface area contributed by atoms with Gasteiger partial charge in [0.15, 0.2) is 12.1 Å². The first-order valence-electron chi connectivity index (χ1n) is 7.63. The van der Waals surface area contributed by atoms with Gasteiger partial charge in [-0.2, -0.15) is 0 Å². The zero-order valence-corrected chi connectivity index (χ0v) is 12.9. The van der Waals surface area contributed by atoms with Crippen LogP contribution in [0, 0.1) is 5.92 Å². The van der Waals surface area contributed by atoms with Gasteiger partial charge in [0.05, 0.1) is 5.56 Å². The molecule has 1 fully saturated rings. The number of amides is 1. The largest absolute Gasteiger partial charge is 0.478 e. The fourth-order valence-electron chi connectivity index (χ4n) is 2.93. The monoisotopic (exact) mass is 317 g/mol. The molecule has 2 N–H and O–H groups in total. The lowest BCUT2D eigenvalue weighted by molar-refractivity contribution is -0.131. The van der Waals surface area contributed by atoms with E-state index in [1.54, 1.807) is 25.1 Å². The number of rotatable bonds is 3. The summed E-state index contributed by atoms with van der Waals surface area (Å²) in [4.78, 5) is 34.3. The Kier molecular flexibility index (Phi) is 4.29. The fourth-order valence-corrected chi connectivity index (χ4v) is 2.93. The molecule has 0 aromatic heterocycles. The Morgan fingerprint density at radius 2 is 2.09 bits per heavy atom. The number of nitrogens with one attached hydrogen (secondary N) is 1. The highest BCUT2D eigenvalue weighted by atomic mass is 16.7. The van der Waals surface area contributed by atoms with Crippen LogP contribution >= 0.6 is 0 Å². The number of nitrogens with zero attached hydrogens (tertiary/aromatic N) is 2. The maximum atomic E-state index is 11.4. The van der Waals surface area contributed by atoms with E-state index in [0.717, 1.165) is 25.9 Å². The number of hydrogen-bond donors (Lipinski definition) is 2. The number of carbonyl (C=O) groups is 2. The van der Waals surface area contributed by atoms with Crippen molar-refractivity contribution < 1.29 is 19.5 Å². The molecule has 3 rings (SSSR count). The number of benzene rings is 1. The number of hydrogen-bond acceptors (Lipinski definition) is 5. The van der Waals surface area contributed by atoms with E-state index < -0.39 is 5.97 Å². The lowest BCUT2D eigenvalue weighted by Gasteiger charge is -2.32. The van der Waals surface area contributed by atoms with Crippen LogP contribution in [0.25, 0.3) is 0 Å². The molecule has 2 aliphatic rings. The molecule has 0 aliphatic carbocycles. The first-order chi connectivity index (χ1) is 11.0. The molecular weight excluding hydrogens is 298 g/mol. The Balaban J connectivity index is 1.68. The van der Waals surface area contributed by atoms with Crippen molar-refractivity contribution in [2.45, 2.75) is 26.0 Å². The van der Waals surface area contributed by atoms with Crippen LogP contribution in [-0.4, -0.2) is 47.0 Å². The minimum absolute atomic E-state index is 0.101. The minimum atomic E-state index is -0.973. The smallest absolute Gasteiger partial charge is 0.335 e. The van der Waals surface area contributed by atoms with Crippen molar-refractivity contribution in [3.8, 4) is 0 Å². The normalized spacial score (nSPS) is 21.7. The maximum Gasteiger partial charge on any atom is 0.335 e. The number of aliphatic imine (C=N–C) groups is 1. The van der Waals surface area contributed by atoms with Gasteiger partial charge >= 0.3 is 5.97 Å². The van der Waals surface area contributed by atoms with E-state index in [0.29, 0.717) is 11.4 Å². The molecule has 0 spiro atoms. The molecule has 1 aromatic rings. The summed E-state index contributed by atoms with van der Waals surface area (Å²) in [7, 11) is 0. The third-order valence-electron chi connectivity index (χ3n) is 4.30. The molecule has 2 heterocycles. The van der Waals surface area contributed by atoms with Crippen LogP contribution in [0.1, 0.15) is 35.7 Å². The van der Waals surface area contributed by atoms with E-state index in [-0.39, 0.29) is 23.6 Å². The lowest BCUT2D eigenvalue weighted by Crippen LogP contribution is -2.40. The standard InChI is InChI=1S/C16H19N3O4/c1-10(20)19-7-5-11(6-8-19)15-17-14(18-23-15)12-3-2-4-13(9-12)16(21)22/h2-4,9,11,15H,5-8H2,1H3,(H,17,18)(H,21,22). The molecule has 2 aliphatic heterocycles. The number of carboxylic acids is 1. The maximum absolute atomic E-state index is 11.4. The van der Waals surface area contributed by atoms with Crippen molar-refractivity contribution in [2.24, 2.45) is 10.9 Å². The van der Waals surface area contributed by atoms with Crippen LogP contribution in [0.15, 0.2) is 29.3 Å². The highest BCUT2D eigenvalue weighted by Gasteiger charge is 2.31. The summed E-state index contributed by atoms with van der Waals surface area (Å²) in [5.41, 5.74) is 3.70.